The van der Waals surface area contributed by atoms with Gasteiger partial charge in [-0.1, -0.05) is 0 Å². The molecule has 1 aromatic rings. The average molecular weight is 329 g/mol. The Balaban J connectivity index is 2.07. The van der Waals surface area contributed by atoms with Crippen LogP contribution in [0.5, 0.6) is 0 Å². The highest BCUT2D eigenvalue weighted by Gasteiger charge is 2.27. The molecule has 1 unspecified atom stereocenters. The zero-order valence-corrected chi connectivity index (χ0v) is 11.7. The van der Waals surface area contributed by atoms with Crippen molar-refractivity contribution in [3.8, 4) is 0 Å². The Morgan fingerprint density at radius 1 is 1.58 bits per heavy atom. The molecule has 1 fully saturated rings. The molecule has 1 saturated heterocycles. The number of aromatic nitrogens is 1. The number of carboxylic acids is 1. The summed E-state index contributed by atoms with van der Waals surface area (Å²) < 4.78 is 5.96. The van der Waals surface area contributed by atoms with E-state index in [4.69, 9.17) is 9.84 Å². The van der Waals surface area contributed by atoms with E-state index >= 15 is 0 Å². The van der Waals surface area contributed by atoms with Gasteiger partial charge in [-0.25, -0.2) is 0 Å². The second kappa shape index (κ2) is 6.12. The van der Waals surface area contributed by atoms with Crippen LogP contribution in [-0.4, -0.2) is 52.7 Å². The van der Waals surface area contributed by atoms with E-state index in [0.29, 0.717) is 29.7 Å². The van der Waals surface area contributed by atoms with Crippen LogP contribution in [0, 0.1) is 0 Å². The first-order chi connectivity index (χ1) is 9.08. The number of hydrogen-bond donors (Lipinski definition) is 1. The van der Waals surface area contributed by atoms with Crippen molar-refractivity contribution >= 4 is 27.8 Å². The summed E-state index contributed by atoms with van der Waals surface area (Å²) in [4.78, 5) is 28.5. The van der Waals surface area contributed by atoms with Gasteiger partial charge < -0.3 is 14.7 Å². The molecule has 0 spiro atoms. The van der Waals surface area contributed by atoms with Gasteiger partial charge in [-0.05, 0) is 22.0 Å². The summed E-state index contributed by atoms with van der Waals surface area (Å²) in [7, 11) is 0. The highest BCUT2D eigenvalue weighted by atomic mass is 79.9. The molecule has 0 aromatic carbocycles. The maximum Gasteiger partial charge on any atom is 0.306 e. The van der Waals surface area contributed by atoms with Crippen LogP contribution in [0.15, 0.2) is 22.9 Å². The topological polar surface area (TPSA) is 79.7 Å². The van der Waals surface area contributed by atoms with Crippen molar-refractivity contribution in [2.75, 3.05) is 19.7 Å². The first-order valence-corrected chi connectivity index (χ1v) is 6.59. The van der Waals surface area contributed by atoms with Gasteiger partial charge in [0, 0.05) is 30.0 Å². The number of carboxylic acid groups (broad SMARTS) is 1. The van der Waals surface area contributed by atoms with E-state index < -0.39 is 12.1 Å². The molecule has 1 aliphatic heterocycles. The predicted octanol–water partition coefficient (Wildman–Crippen LogP) is 1.16. The van der Waals surface area contributed by atoms with E-state index in [9.17, 15) is 9.59 Å². The number of aliphatic carboxylic acids is 1. The summed E-state index contributed by atoms with van der Waals surface area (Å²) in [5, 5.41) is 8.75. The minimum Gasteiger partial charge on any atom is -0.481 e. The highest BCUT2D eigenvalue weighted by molar-refractivity contribution is 9.10. The Hall–Kier alpha value is -1.47. The SMILES string of the molecule is O=C(O)CC1CN(C(=O)c2ccncc2Br)CCO1. The molecule has 6 nitrogen and oxygen atoms in total. The number of morpholine rings is 1. The second-order valence-corrected chi connectivity index (χ2v) is 5.05. The minimum atomic E-state index is -0.926. The van der Waals surface area contributed by atoms with Crippen LogP contribution in [0.1, 0.15) is 16.8 Å². The number of nitrogens with zero attached hydrogens (tertiary/aromatic N) is 2. The lowest BCUT2D eigenvalue weighted by Crippen LogP contribution is -2.46. The number of pyridine rings is 1. The molecule has 0 radical (unpaired) electrons. The molecule has 19 heavy (non-hydrogen) atoms. The average Bonchev–Trinajstić information content (AvgIpc) is 2.38. The van der Waals surface area contributed by atoms with Crippen molar-refractivity contribution < 1.29 is 19.4 Å². The lowest BCUT2D eigenvalue weighted by Gasteiger charge is -2.32. The number of hydrogen-bond acceptors (Lipinski definition) is 4. The number of ether oxygens (including phenoxy) is 1. The summed E-state index contributed by atoms with van der Waals surface area (Å²) in [6, 6.07) is 1.63. The first kappa shape index (κ1) is 14.0. The first-order valence-electron chi connectivity index (χ1n) is 5.80. The summed E-state index contributed by atoms with van der Waals surface area (Å²) in [6.45, 7) is 1.11. The molecule has 102 valence electrons. The minimum absolute atomic E-state index is 0.0959. The van der Waals surface area contributed by atoms with Gasteiger partial charge in [0.15, 0.2) is 0 Å². The fourth-order valence-electron chi connectivity index (χ4n) is 1.94. The third-order valence-corrected chi connectivity index (χ3v) is 3.46. The molecule has 0 bridgehead atoms. The van der Waals surface area contributed by atoms with Crippen LogP contribution in [0.3, 0.4) is 0 Å². The summed E-state index contributed by atoms with van der Waals surface area (Å²) in [5.74, 6) is -1.07. The van der Waals surface area contributed by atoms with Crippen molar-refractivity contribution in [1.82, 2.24) is 9.88 Å². The van der Waals surface area contributed by atoms with Crippen LogP contribution in [-0.2, 0) is 9.53 Å². The summed E-state index contributed by atoms with van der Waals surface area (Å²) >= 11 is 3.28. The normalized spacial score (nSPS) is 19.2. The van der Waals surface area contributed by atoms with Crippen molar-refractivity contribution in [3.05, 3.63) is 28.5 Å². The Kier molecular flexibility index (Phi) is 4.49. The Morgan fingerprint density at radius 2 is 2.37 bits per heavy atom. The van der Waals surface area contributed by atoms with Crippen molar-refractivity contribution in [3.63, 3.8) is 0 Å². The van der Waals surface area contributed by atoms with E-state index in [0.717, 1.165) is 0 Å². The van der Waals surface area contributed by atoms with E-state index in [1.807, 2.05) is 0 Å². The highest BCUT2D eigenvalue weighted by Crippen LogP contribution is 2.18. The van der Waals surface area contributed by atoms with E-state index in [-0.39, 0.29) is 12.3 Å². The summed E-state index contributed by atoms with van der Waals surface area (Å²) in [5.41, 5.74) is 0.519. The molecule has 1 N–H and O–H groups in total. The smallest absolute Gasteiger partial charge is 0.306 e. The van der Waals surface area contributed by atoms with Crippen molar-refractivity contribution in [1.29, 1.82) is 0 Å². The largest absolute Gasteiger partial charge is 0.481 e. The zero-order chi connectivity index (χ0) is 13.8. The molecule has 2 heterocycles. The van der Waals surface area contributed by atoms with Crippen molar-refractivity contribution in [2.45, 2.75) is 12.5 Å². The lowest BCUT2D eigenvalue weighted by atomic mass is 10.1. The molecule has 0 aliphatic carbocycles. The molecular formula is C12H13BrN2O4. The quantitative estimate of drug-likeness (QED) is 0.900. The Morgan fingerprint density at radius 3 is 3.05 bits per heavy atom. The van der Waals surface area contributed by atoms with E-state index in [2.05, 4.69) is 20.9 Å². The van der Waals surface area contributed by atoms with Crippen LogP contribution in [0.25, 0.3) is 0 Å². The lowest BCUT2D eigenvalue weighted by molar-refractivity contribution is -0.141. The second-order valence-electron chi connectivity index (χ2n) is 4.20. The molecule has 1 atom stereocenters. The van der Waals surface area contributed by atoms with Gasteiger partial charge in [-0.2, -0.15) is 0 Å². The number of carbonyl (C=O) groups excluding carboxylic acids is 1. The standard InChI is InChI=1S/C12H13BrN2O4/c13-10-6-14-2-1-9(10)12(18)15-3-4-19-8(7-15)5-11(16)17/h1-2,6,8H,3-5,7H2,(H,16,17). The fourth-order valence-corrected chi connectivity index (χ4v) is 2.36. The number of halogens is 1. The zero-order valence-electron chi connectivity index (χ0n) is 10.1. The predicted molar refractivity (Wildman–Crippen MR) is 69.8 cm³/mol. The Labute approximate surface area is 118 Å². The van der Waals surface area contributed by atoms with Crippen LogP contribution in [0.4, 0.5) is 0 Å². The number of rotatable bonds is 3. The van der Waals surface area contributed by atoms with Gasteiger partial charge in [0.1, 0.15) is 0 Å². The van der Waals surface area contributed by atoms with Gasteiger partial charge in [0.25, 0.3) is 5.91 Å². The molecule has 7 heteroatoms. The van der Waals surface area contributed by atoms with Gasteiger partial charge in [0.2, 0.25) is 0 Å². The van der Waals surface area contributed by atoms with Crippen molar-refractivity contribution in [2.24, 2.45) is 0 Å². The number of carbonyl (C=O) groups is 2. The van der Waals surface area contributed by atoms with Gasteiger partial charge in [-0.15, -0.1) is 0 Å². The molecule has 1 aliphatic rings. The van der Waals surface area contributed by atoms with Crippen LogP contribution < -0.4 is 0 Å². The van der Waals surface area contributed by atoms with Gasteiger partial charge in [-0.3, -0.25) is 14.6 Å². The Bertz CT molecular complexity index is 494. The third kappa shape index (κ3) is 3.51. The third-order valence-electron chi connectivity index (χ3n) is 2.83. The summed E-state index contributed by atoms with van der Waals surface area (Å²) in [6.07, 6.45) is 2.56. The van der Waals surface area contributed by atoms with E-state index in [1.54, 1.807) is 23.4 Å². The fraction of sp³-hybridized carbons (Fsp3) is 0.417. The molecular weight excluding hydrogens is 316 g/mol. The maximum absolute atomic E-state index is 12.3. The van der Waals surface area contributed by atoms with E-state index in [1.165, 1.54) is 0 Å². The van der Waals surface area contributed by atoms with Crippen LogP contribution >= 0.6 is 15.9 Å². The van der Waals surface area contributed by atoms with Gasteiger partial charge in [0.05, 0.1) is 24.7 Å². The molecule has 0 saturated carbocycles. The van der Waals surface area contributed by atoms with Gasteiger partial charge >= 0.3 is 5.97 Å². The molecule has 1 aromatic heterocycles. The molecule has 2 rings (SSSR count). The molecule has 1 amide bonds. The monoisotopic (exact) mass is 328 g/mol. The maximum atomic E-state index is 12.3. The number of amides is 1. The van der Waals surface area contributed by atoms with Crippen LogP contribution in [0.2, 0.25) is 0 Å².